The van der Waals surface area contributed by atoms with Crippen LogP contribution in [0.5, 0.6) is 0 Å². The van der Waals surface area contributed by atoms with Crippen molar-refractivity contribution in [2.75, 3.05) is 6.54 Å². The zero-order chi connectivity index (χ0) is 15.9. The lowest BCUT2D eigenvalue weighted by molar-refractivity contribution is -0.135. The highest BCUT2D eigenvalue weighted by atomic mass is 16.2. The summed E-state index contributed by atoms with van der Waals surface area (Å²) in [4.78, 5) is 26.4. The topological polar surface area (TPSA) is 60.1 Å². The van der Waals surface area contributed by atoms with Crippen molar-refractivity contribution in [3.05, 3.63) is 16.3 Å². The number of carbonyl (C=O) groups is 1. The lowest BCUT2D eigenvalue weighted by Crippen LogP contribution is -2.42. The Bertz CT molecular complexity index is 629. The second-order valence-electron chi connectivity index (χ2n) is 7.42. The van der Waals surface area contributed by atoms with E-state index in [1.807, 2.05) is 4.90 Å². The molecule has 1 amide bonds. The van der Waals surface area contributed by atoms with Crippen molar-refractivity contribution >= 4 is 5.91 Å². The summed E-state index contributed by atoms with van der Waals surface area (Å²) in [5.41, 5.74) is 0.173. The predicted molar refractivity (Wildman–Crippen MR) is 83.2 cm³/mol. The van der Waals surface area contributed by atoms with Crippen molar-refractivity contribution in [2.24, 2.45) is 18.4 Å². The molecule has 2 heterocycles. The summed E-state index contributed by atoms with van der Waals surface area (Å²) < 4.78 is 3.03. The normalized spacial score (nSPS) is 24.1. The van der Waals surface area contributed by atoms with Crippen molar-refractivity contribution < 1.29 is 4.79 Å². The first-order chi connectivity index (χ1) is 10.4. The first-order valence-corrected chi connectivity index (χ1v) is 8.29. The van der Waals surface area contributed by atoms with Gasteiger partial charge in [0.05, 0.1) is 6.54 Å². The number of hydrogen-bond donors (Lipinski definition) is 0. The van der Waals surface area contributed by atoms with E-state index in [4.69, 9.17) is 0 Å². The first-order valence-electron chi connectivity index (χ1n) is 8.29. The first kappa shape index (κ1) is 15.3. The van der Waals surface area contributed by atoms with Gasteiger partial charge in [-0.05, 0) is 24.2 Å². The molecule has 22 heavy (non-hydrogen) atoms. The molecule has 1 aromatic rings. The molecule has 1 aliphatic carbocycles. The highest BCUT2D eigenvalue weighted by molar-refractivity contribution is 5.76. The van der Waals surface area contributed by atoms with Crippen LogP contribution in [0.1, 0.15) is 51.8 Å². The molecule has 1 aromatic heterocycles. The average molecular weight is 306 g/mol. The lowest BCUT2D eigenvalue weighted by Gasteiger charge is -2.39. The van der Waals surface area contributed by atoms with Crippen molar-refractivity contribution in [1.29, 1.82) is 0 Å². The smallest absolute Gasteiger partial charge is 0.333 e. The second kappa shape index (κ2) is 5.56. The largest absolute Gasteiger partial charge is 0.345 e. The highest BCUT2D eigenvalue weighted by Crippen LogP contribution is 2.42. The van der Waals surface area contributed by atoms with Crippen LogP contribution in [0.15, 0.2) is 4.79 Å². The van der Waals surface area contributed by atoms with Crippen LogP contribution in [-0.4, -0.2) is 31.7 Å². The quantitative estimate of drug-likeness (QED) is 0.832. The molecule has 122 valence electrons. The van der Waals surface area contributed by atoms with Crippen LogP contribution in [-0.2, 0) is 24.9 Å². The third-order valence-electron chi connectivity index (χ3n) is 5.51. The maximum Gasteiger partial charge on any atom is 0.345 e. The molecule has 0 bridgehead atoms. The number of hydrogen-bond acceptors (Lipinski definition) is 3. The van der Waals surface area contributed by atoms with E-state index in [-0.39, 0.29) is 17.0 Å². The van der Waals surface area contributed by atoms with E-state index < -0.39 is 0 Å². The minimum absolute atomic E-state index is 0.0875. The summed E-state index contributed by atoms with van der Waals surface area (Å²) in [6, 6.07) is 0. The molecule has 1 aliphatic heterocycles. The van der Waals surface area contributed by atoms with Gasteiger partial charge in [0.1, 0.15) is 0 Å². The molecule has 6 nitrogen and oxygen atoms in total. The zero-order valence-corrected chi connectivity index (χ0v) is 13.8. The van der Waals surface area contributed by atoms with Gasteiger partial charge in [0.15, 0.2) is 5.82 Å². The molecule has 0 N–H and O–H groups in total. The van der Waals surface area contributed by atoms with Crippen LogP contribution in [0.2, 0.25) is 0 Å². The number of aromatic nitrogens is 3. The van der Waals surface area contributed by atoms with Crippen molar-refractivity contribution in [1.82, 2.24) is 19.2 Å². The van der Waals surface area contributed by atoms with Crippen LogP contribution in [0, 0.1) is 11.3 Å². The maximum atomic E-state index is 12.7. The summed E-state index contributed by atoms with van der Waals surface area (Å²) in [5.74, 6) is 1.39. The summed E-state index contributed by atoms with van der Waals surface area (Å²) in [7, 11) is 1.66. The van der Waals surface area contributed by atoms with Gasteiger partial charge in [-0.3, -0.25) is 9.36 Å². The van der Waals surface area contributed by atoms with Crippen molar-refractivity contribution in [2.45, 2.75) is 59.0 Å². The van der Waals surface area contributed by atoms with Gasteiger partial charge in [-0.15, -0.1) is 0 Å². The molecule has 0 spiro atoms. The Kier molecular flexibility index (Phi) is 3.87. The van der Waals surface area contributed by atoms with Crippen LogP contribution in [0.4, 0.5) is 0 Å². The van der Waals surface area contributed by atoms with E-state index in [0.29, 0.717) is 37.8 Å². The fraction of sp³-hybridized carbons (Fsp3) is 0.812. The lowest BCUT2D eigenvalue weighted by atomic mass is 9.67. The molecule has 1 fully saturated rings. The Labute approximate surface area is 131 Å². The summed E-state index contributed by atoms with van der Waals surface area (Å²) in [5, 5.41) is 4.23. The van der Waals surface area contributed by atoms with Gasteiger partial charge in [0.2, 0.25) is 5.91 Å². The minimum atomic E-state index is -0.0875. The standard InChI is InChI=1S/C16H26N4O2/c1-16(2)7-5-4-6-12(16)10-14(21)19-8-9-20-13(11-19)17-18(3)15(20)22/h12H,4-11H2,1-3H3. The molecule has 6 heteroatoms. The second-order valence-corrected chi connectivity index (χ2v) is 7.42. The monoisotopic (exact) mass is 306 g/mol. The molecular weight excluding hydrogens is 280 g/mol. The highest BCUT2D eigenvalue weighted by Gasteiger charge is 2.35. The molecule has 3 rings (SSSR count). The summed E-state index contributed by atoms with van der Waals surface area (Å²) in [6.45, 7) is 6.21. The van der Waals surface area contributed by atoms with E-state index in [0.717, 1.165) is 6.42 Å². The number of amides is 1. The van der Waals surface area contributed by atoms with E-state index >= 15 is 0 Å². The minimum Gasteiger partial charge on any atom is -0.333 e. The molecule has 1 atom stereocenters. The van der Waals surface area contributed by atoms with Gasteiger partial charge in [0, 0.05) is 26.6 Å². The van der Waals surface area contributed by atoms with Gasteiger partial charge >= 0.3 is 5.69 Å². The van der Waals surface area contributed by atoms with Crippen molar-refractivity contribution in [3.63, 3.8) is 0 Å². The SMILES string of the molecule is Cn1nc2n(c1=O)CCN(C(=O)CC1CCCCC1(C)C)C2. The van der Waals surface area contributed by atoms with Crippen LogP contribution < -0.4 is 5.69 Å². The summed E-state index contributed by atoms with van der Waals surface area (Å²) in [6.07, 6.45) is 5.51. The van der Waals surface area contributed by atoms with Gasteiger partial charge in [-0.25, -0.2) is 9.48 Å². The molecule has 0 saturated heterocycles. The Morgan fingerprint density at radius 2 is 2.09 bits per heavy atom. The molecule has 2 aliphatic rings. The number of fused-ring (bicyclic) bond motifs is 1. The molecular formula is C16H26N4O2. The van der Waals surface area contributed by atoms with E-state index in [2.05, 4.69) is 18.9 Å². The Hall–Kier alpha value is -1.59. The van der Waals surface area contributed by atoms with Gasteiger partial charge < -0.3 is 4.90 Å². The third-order valence-corrected chi connectivity index (χ3v) is 5.51. The van der Waals surface area contributed by atoms with Crippen LogP contribution in [0.3, 0.4) is 0 Å². The van der Waals surface area contributed by atoms with E-state index in [9.17, 15) is 9.59 Å². The van der Waals surface area contributed by atoms with E-state index in [1.165, 1.54) is 23.9 Å². The zero-order valence-electron chi connectivity index (χ0n) is 13.8. The molecule has 0 radical (unpaired) electrons. The Morgan fingerprint density at radius 1 is 1.32 bits per heavy atom. The number of carbonyl (C=O) groups excluding carboxylic acids is 1. The van der Waals surface area contributed by atoms with Crippen LogP contribution in [0.25, 0.3) is 0 Å². The fourth-order valence-corrected chi connectivity index (χ4v) is 3.86. The number of rotatable bonds is 2. The van der Waals surface area contributed by atoms with Gasteiger partial charge in [-0.1, -0.05) is 26.7 Å². The third kappa shape index (κ3) is 2.71. The van der Waals surface area contributed by atoms with Gasteiger partial charge in [0.25, 0.3) is 0 Å². The van der Waals surface area contributed by atoms with Crippen molar-refractivity contribution in [3.8, 4) is 0 Å². The number of nitrogens with zero attached hydrogens (tertiary/aromatic N) is 4. The summed E-state index contributed by atoms with van der Waals surface area (Å²) >= 11 is 0. The fourth-order valence-electron chi connectivity index (χ4n) is 3.86. The number of aryl methyl sites for hydroxylation is 1. The molecule has 1 saturated carbocycles. The predicted octanol–water partition coefficient (Wildman–Crippen LogP) is 1.53. The average Bonchev–Trinajstić information content (AvgIpc) is 2.75. The van der Waals surface area contributed by atoms with Gasteiger partial charge in [-0.2, -0.15) is 5.10 Å². The Morgan fingerprint density at radius 3 is 2.82 bits per heavy atom. The van der Waals surface area contributed by atoms with Crippen LogP contribution >= 0.6 is 0 Å². The maximum absolute atomic E-state index is 12.7. The van der Waals surface area contributed by atoms with E-state index in [1.54, 1.807) is 11.6 Å². The molecule has 0 aromatic carbocycles. The Balaban J connectivity index is 1.68. The molecule has 1 unspecified atom stereocenters.